The maximum atomic E-state index is 13.6. The van der Waals surface area contributed by atoms with Gasteiger partial charge >= 0.3 is 11.9 Å². The maximum Gasteiger partial charge on any atom is 0.347 e. The summed E-state index contributed by atoms with van der Waals surface area (Å²) in [5.41, 5.74) is 1.59. The summed E-state index contributed by atoms with van der Waals surface area (Å²) in [6.07, 6.45) is 1.24. The highest BCUT2D eigenvalue weighted by molar-refractivity contribution is 7.79. The van der Waals surface area contributed by atoms with Gasteiger partial charge in [-0.25, -0.2) is 4.79 Å². The number of carbonyl (C=O) groups excluding carboxylic acids is 4. The van der Waals surface area contributed by atoms with Gasteiger partial charge in [0.05, 0.1) is 23.7 Å². The SMILES string of the molecule is COc1ccc(C[C@H]2NC(=O)/C=C\C[C@@H]([C@H](C)[C@H]3O[C@@H]3c3ccc(CS)cc3)OC(=O)[C@H](CC(C)C)OC(=O)C(C)(C)CNC2=O)cc1Cl. The van der Waals surface area contributed by atoms with Crippen LogP contribution in [-0.2, 0) is 45.6 Å². The number of hydrogen-bond acceptors (Lipinski definition) is 9. The molecule has 266 valence electrons. The molecule has 10 nitrogen and oxygen atoms in total. The van der Waals surface area contributed by atoms with Crippen molar-refractivity contribution in [3.63, 3.8) is 0 Å². The molecule has 2 N–H and O–H groups in total. The molecular formula is C37H47ClN2O8S. The average Bonchev–Trinajstić information content (AvgIpc) is 3.86. The van der Waals surface area contributed by atoms with Crippen LogP contribution in [0.25, 0.3) is 0 Å². The van der Waals surface area contributed by atoms with E-state index in [2.05, 4.69) is 23.3 Å². The number of nitrogens with one attached hydrogen (secondary N) is 2. The van der Waals surface area contributed by atoms with Crippen molar-refractivity contribution < 1.29 is 38.1 Å². The minimum absolute atomic E-state index is 0.0156. The lowest BCUT2D eigenvalue weighted by atomic mass is 9.92. The molecule has 2 heterocycles. The molecule has 2 amide bonds. The summed E-state index contributed by atoms with van der Waals surface area (Å²) in [6, 6.07) is 12.1. The highest BCUT2D eigenvalue weighted by Gasteiger charge is 2.48. The monoisotopic (exact) mass is 714 g/mol. The molecule has 0 radical (unpaired) electrons. The van der Waals surface area contributed by atoms with Gasteiger partial charge in [-0.1, -0.05) is 68.8 Å². The van der Waals surface area contributed by atoms with E-state index in [0.29, 0.717) is 22.1 Å². The maximum absolute atomic E-state index is 13.6. The second-order valence-electron chi connectivity index (χ2n) is 13.8. The highest BCUT2D eigenvalue weighted by atomic mass is 35.5. The van der Waals surface area contributed by atoms with Gasteiger partial charge < -0.3 is 29.6 Å². The quantitative estimate of drug-likeness (QED) is 0.175. The van der Waals surface area contributed by atoms with E-state index in [1.165, 1.54) is 13.2 Å². The molecule has 0 aromatic heterocycles. The van der Waals surface area contributed by atoms with Crippen LogP contribution < -0.4 is 15.4 Å². The number of carbonyl (C=O) groups is 4. The molecule has 0 aliphatic carbocycles. The van der Waals surface area contributed by atoms with Crippen LogP contribution in [0.4, 0.5) is 0 Å². The third-order valence-electron chi connectivity index (χ3n) is 8.77. The summed E-state index contributed by atoms with van der Waals surface area (Å²) < 4.78 is 23.2. The van der Waals surface area contributed by atoms with Crippen LogP contribution >= 0.6 is 24.2 Å². The molecule has 2 aromatic rings. The Bertz CT molecular complexity index is 1530. The van der Waals surface area contributed by atoms with E-state index >= 15 is 0 Å². The molecule has 0 bridgehead atoms. The lowest BCUT2D eigenvalue weighted by Crippen LogP contribution is -2.51. The van der Waals surface area contributed by atoms with Crippen molar-refractivity contribution in [2.75, 3.05) is 13.7 Å². The minimum Gasteiger partial charge on any atom is -0.495 e. The van der Waals surface area contributed by atoms with Gasteiger partial charge in [0.25, 0.3) is 0 Å². The molecule has 6 atom stereocenters. The van der Waals surface area contributed by atoms with E-state index in [1.54, 1.807) is 38.1 Å². The van der Waals surface area contributed by atoms with Crippen LogP contribution in [0.3, 0.4) is 0 Å². The van der Waals surface area contributed by atoms with E-state index in [4.69, 9.17) is 30.5 Å². The molecule has 0 spiro atoms. The number of methoxy groups -OCH3 is 1. The van der Waals surface area contributed by atoms with Crippen LogP contribution in [0.2, 0.25) is 5.02 Å². The first-order valence-corrected chi connectivity index (χ1v) is 17.6. The van der Waals surface area contributed by atoms with E-state index in [9.17, 15) is 19.2 Å². The summed E-state index contributed by atoms with van der Waals surface area (Å²) in [5, 5.41) is 5.91. The largest absolute Gasteiger partial charge is 0.495 e. The van der Waals surface area contributed by atoms with Crippen molar-refractivity contribution in [1.29, 1.82) is 0 Å². The highest BCUT2D eigenvalue weighted by Crippen LogP contribution is 2.45. The fourth-order valence-electron chi connectivity index (χ4n) is 5.63. The Morgan fingerprint density at radius 2 is 1.71 bits per heavy atom. The van der Waals surface area contributed by atoms with Crippen LogP contribution in [-0.4, -0.2) is 61.8 Å². The van der Waals surface area contributed by atoms with Gasteiger partial charge in [-0.05, 0) is 61.1 Å². The van der Waals surface area contributed by atoms with Crippen molar-refractivity contribution in [2.24, 2.45) is 17.3 Å². The Labute approximate surface area is 299 Å². The van der Waals surface area contributed by atoms with Crippen molar-refractivity contribution in [1.82, 2.24) is 10.6 Å². The number of epoxide rings is 1. The predicted molar refractivity (Wildman–Crippen MR) is 189 cm³/mol. The van der Waals surface area contributed by atoms with Crippen LogP contribution in [0.15, 0.2) is 54.6 Å². The third kappa shape index (κ3) is 10.5. The Morgan fingerprint density at radius 1 is 1.02 bits per heavy atom. The van der Waals surface area contributed by atoms with Gasteiger partial charge in [0.2, 0.25) is 11.8 Å². The third-order valence-corrected chi connectivity index (χ3v) is 9.43. The van der Waals surface area contributed by atoms with Crippen molar-refractivity contribution >= 4 is 48.0 Å². The number of halogens is 1. The van der Waals surface area contributed by atoms with Crippen LogP contribution in [0, 0.1) is 17.3 Å². The van der Waals surface area contributed by atoms with E-state index < -0.39 is 47.4 Å². The zero-order valence-electron chi connectivity index (χ0n) is 28.9. The zero-order chi connectivity index (χ0) is 35.9. The zero-order valence-corrected chi connectivity index (χ0v) is 30.5. The standard InChI is InChI=1S/C37H47ClN2O8S/c1-21(2)16-30-35(43)46-28(22(3)32-33(48-32)25-13-10-23(19-49)11-14-25)8-7-9-31(41)40-27(18-24-12-15-29(45-6)26(38)17-24)34(42)39-20-37(4,5)36(44)47-30/h7,9-15,17,21-22,27-28,30,32-33,49H,8,16,18-20H2,1-6H3,(H,39,42)(H,40,41)/b9-7-/t22-,27+,28-,30-,32+,33+/m0/s1. The van der Waals surface area contributed by atoms with Gasteiger partial charge in [0.1, 0.15) is 24.0 Å². The lowest BCUT2D eigenvalue weighted by molar-refractivity contribution is -0.179. The average molecular weight is 715 g/mol. The Hall–Kier alpha value is -3.54. The smallest absolute Gasteiger partial charge is 0.347 e. The molecule has 0 unspecified atom stereocenters. The molecule has 2 aliphatic rings. The van der Waals surface area contributed by atoms with Crippen LogP contribution in [0.5, 0.6) is 5.75 Å². The molecule has 0 saturated carbocycles. The lowest BCUT2D eigenvalue weighted by Gasteiger charge is -2.29. The fraction of sp³-hybridized carbons (Fsp3) is 0.514. The number of thiol groups is 1. The minimum atomic E-state index is -1.20. The second kappa shape index (κ2) is 16.9. The number of rotatable bonds is 9. The number of cyclic esters (lactones) is 2. The fourth-order valence-corrected chi connectivity index (χ4v) is 6.13. The second-order valence-corrected chi connectivity index (χ2v) is 14.5. The van der Waals surface area contributed by atoms with Gasteiger partial charge in [-0.2, -0.15) is 12.6 Å². The molecule has 12 heteroatoms. The Balaban J connectivity index is 1.60. The van der Waals surface area contributed by atoms with Crippen LogP contribution in [0.1, 0.15) is 70.3 Å². The number of ether oxygens (including phenoxy) is 4. The van der Waals surface area contributed by atoms with Crippen molar-refractivity contribution in [3.8, 4) is 5.75 Å². The normalized spacial score (nSPS) is 26.2. The van der Waals surface area contributed by atoms with Crippen molar-refractivity contribution in [3.05, 3.63) is 76.3 Å². The summed E-state index contributed by atoms with van der Waals surface area (Å²) in [4.78, 5) is 53.8. The summed E-state index contributed by atoms with van der Waals surface area (Å²) in [6.45, 7) is 8.91. The number of benzene rings is 2. The first-order chi connectivity index (χ1) is 23.2. The van der Waals surface area contributed by atoms with Gasteiger partial charge in [0.15, 0.2) is 6.10 Å². The molecule has 2 aliphatic heterocycles. The number of amides is 2. The molecule has 4 rings (SSSR count). The van der Waals surface area contributed by atoms with Gasteiger partial charge in [0, 0.05) is 31.1 Å². The summed E-state index contributed by atoms with van der Waals surface area (Å²) in [5.74, 6) is -1.48. The first kappa shape index (κ1) is 38.3. The molecule has 1 saturated heterocycles. The summed E-state index contributed by atoms with van der Waals surface area (Å²) >= 11 is 10.7. The van der Waals surface area contributed by atoms with E-state index in [1.807, 2.05) is 45.0 Å². The molecule has 1 fully saturated rings. The van der Waals surface area contributed by atoms with E-state index in [-0.39, 0.29) is 49.9 Å². The Kier molecular flexibility index (Phi) is 13.2. The molecule has 49 heavy (non-hydrogen) atoms. The topological polar surface area (TPSA) is 133 Å². The molecular weight excluding hydrogens is 668 g/mol. The van der Waals surface area contributed by atoms with Gasteiger partial charge in [-0.3, -0.25) is 14.4 Å². The first-order valence-electron chi connectivity index (χ1n) is 16.6. The summed E-state index contributed by atoms with van der Waals surface area (Å²) in [7, 11) is 1.51. The number of hydrogen-bond donors (Lipinski definition) is 3. The van der Waals surface area contributed by atoms with Crippen molar-refractivity contribution in [2.45, 2.75) is 90.1 Å². The number of esters is 2. The van der Waals surface area contributed by atoms with Gasteiger partial charge in [-0.15, -0.1) is 0 Å². The predicted octanol–water partition coefficient (Wildman–Crippen LogP) is 5.55. The molecule has 2 aromatic carbocycles. The van der Waals surface area contributed by atoms with E-state index in [0.717, 1.165) is 11.1 Å². The Morgan fingerprint density at radius 3 is 2.35 bits per heavy atom.